The molecule has 0 bridgehead atoms. The minimum absolute atomic E-state index is 0.0133. The molecule has 0 amide bonds. The quantitative estimate of drug-likeness (QED) is 0.555. The highest BCUT2D eigenvalue weighted by Gasteiger charge is 2.16. The summed E-state index contributed by atoms with van der Waals surface area (Å²) < 4.78 is 3.64. The first-order valence-electron chi connectivity index (χ1n) is 8.26. The molecule has 4 rings (SSSR count). The van der Waals surface area contributed by atoms with E-state index >= 15 is 0 Å². The van der Waals surface area contributed by atoms with E-state index in [1.807, 2.05) is 37.3 Å². The van der Waals surface area contributed by atoms with Crippen molar-refractivity contribution in [3.63, 3.8) is 0 Å². The maximum absolute atomic E-state index is 12.1. The molecule has 130 valence electrons. The van der Waals surface area contributed by atoms with E-state index in [0.717, 1.165) is 28.1 Å². The van der Waals surface area contributed by atoms with Crippen LogP contribution in [0.3, 0.4) is 0 Å². The van der Waals surface area contributed by atoms with Gasteiger partial charge in [-0.25, -0.2) is 9.97 Å². The molecular weight excluding hydrogens is 348 g/mol. The number of hydrogen-bond donors (Lipinski definition) is 0. The fourth-order valence-electron chi connectivity index (χ4n) is 3.12. The van der Waals surface area contributed by atoms with Gasteiger partial charge < -0.3 is 9.13 Å². The van der Waals surface area contributed by atoms with E-state index in [-0.39, 0.29) is 5.56 Å². The number of pyridine rings is 2. The highest BCUT2D eigenvalue weighted by Crippen LogP contribution is 2.26. The average molecular weight is 365 g/mol. The highest BCUT2D eigenvalue weighted by atomic mass is 35.5. The van der Waals surface area contributed by atoms with Gasteiger partial charge in [0, 0.05) is 30.6 Å². The third kappa shape index (κ3) is 2.91. The molecule has 6 heteroatoms. The van der Waals surface area contributed by atoms with Crippen LogP contribution in [0.1, 0.15) is 11.1 Å². The fraction of sp³-hybridized carbons (Fsp3) is 0.150. The summed E-state index contributed by atoms with van der Waals surface area (Å²) in [6, 6.07) is 13.8. The minimum atomic E-state index is -0.0133. The van der Waals surface area contributed by atoms with Gasteiger partial charge in [0.1, 0.15) is 11.3 Å². The van der Waals surface area contributed by atoms with Crippen LogP contribution in [0.15, 0.2) is 59.7 Å². The maximum Gasteiger partial charge on any atom is 0.253 e. The molecule has 0 fully saturated rings. The van der Waals surface area contributed by atoms with Gasteiger partial charge in [0.05, 0.1) is 11.6 Å². The van der Waals surface area contributed by atoms with Crippen molar-refractivity contribution < 1.29 is 0 Å². The normalized spacial score (nSPS) is 11.2. The number of aromatic nitrogens is 4. The zero-order chi connectivity index (χ0) is 18.3. The van der Waals surface area contributed by atoms with Gasteiger partial charge in [-0.15, -0.1) is 0 Å². The number of nitrogens with zero attached hydrogens (tertiary/aromatic N) is 4. The summed E-state index contributed by atoms with van der Waals surface area (Å²) in [6.45, 7) is 2.44. The summed E-state index contributed by atoms with van der Waals surface area (Å²) in [6.07, 6.45) is 3.43. The van der Waals surface area contributed by atoms with Crippen LogP contribution in [0.2, 0.25) is 5.02 Å². The fourth-order valence-corrected chi connectivity index (χ4v) is 3.27. The van der Waals surface area contributed by atoms with Gasteiger partial charge >= 0.3 is 0 Å². The molecule has 0 aliphatic carbocycles. The molecule has 0 aliphatic heterocycles. The van der Waals surface area contributed by atoms with E-state index in [2.05, 4.69) is 21.7 Å². The lowest BCUT2D eigenvalue weighted by Gasteiger charge is -2.10. The lowest BCUT2D eigenvalue weighted by molar-refractivity contribution is 0.812. The molecule has 1 aromatic carbocycles. The number of halogens is 1. The van der Waals surface area contributed by atoms with Crippen LogP contribution in [0, 0.1) is 6.92 Å². The van der Waals surface area contributed by atoms with Crippen LogP contribution in [0.25, 0.3) is 22.6 Å². The maximum atomic E-state index is 12.1. The summed E-state index contributed by atoms with van der Waals surface area (Å²) in [5, 5.41) is 0.546. The summed E-state index contributed by atoms with van der Waals surface area (Å²) in [4.78, 5) is 21.3. The first-order valence-corrected chi connectivity index (χ1v) is 8.64. The van der Waals surface area contributed by atoms with Gasteiger partial charge in [0.2, 0.25) is 0 Å². The lowest BCUT2D eigenvalue weighted by Crippen LogP contribution is -2.18. The Balaban J connectivity index is 1.96. The zero-order valence-electron chi connectivity index (χ0n) is 14.5. The van der Waals surface area contributed by atoms with E-state index in [9.17, 15) is 4.79 Å². The van der Waals surface area contributed by atoms with E-state index < -0.39 is 0 Å². The van der Waals surface area contributed by atoms with Crippen LogP contribution < -0.4 is 5.56 Å². The van der Waals surface area contributed by atoms with Crippen LogP contribution in [0.4, 0.5) is 0 Å². The van der Waals surface area contributed by atoms with Crippen molar-refractivity contribution in [2.45, 2.75) is 13.5 Å². The van der Waals surface area contributed by atoms with Gasteiger partial charge in [0.15, 0.2) is 5.65 Å². The van der Waals surface area contributed by atoms with Crippen molar-refractivity contribution in [3.05, 3.63) is 81.4 Å². The van der Waals surface area contributed by atoms with Gasteiger partial charge in [-0.3, -0.25) is 4.79 Å². The largest absolute Gasteiger partial charge is 0.318 e. The number of rotatable bonds is 3. The Hall–Kier alpha value is -2.92. The summed E-state index contributed by atoms with van der Waals surface area (Å²) in [7, 11) is 1.75. The lowest BCUT2D eigenvalue weighted by atomic mass is 10.2. The SMILES string of the molecule is Cc1cc(-c2nc3cc(Cl)cnc3n2Cc2ccccc2)cn(C)c1=O. The molecule has 0 aliphatic rings. The molecule has 0 spiro atoms. The molecule has 0 saturated heterocycles. The molecule has 3 heterocycles. The van der Waals surface area contributed by atoms with E-state index in [0.29, 0.717) is 17.1 Å². The molecule has 0 radical (unpaired) electrons. The van der Waals surface area contributed by atoms with Crippen molar-refractivity contribution >= 4 is 22.8 Å². The van der Waals surface area contributed by atoms with Crippen molar-refractivity contribution in [2.24, 2.45) is 7.05 Å². The van der Waals surface area contributed by atoms with Crippen LogP contribution in [0.5, 0.6) is 0 Å². The molecule has 4 aromatic rings. The number of hydrogen-bond acceptors (Lipinski definition) is 3. The Morgan fingerprint density at radius 3 is 2.65 bits per heavy atom. The first kappa shape index (κ1) is 16.5. The Morgan fingerprint density at radius 2 is 1.92 bits per heavy atom. The van der Waals surface area contributed by atoms with Crippen molar-refractivity contribution in [3.8, 4) is 11.4 Å². The predicted molar refractivity (Wildman–Crippen MR) is 103 cm³/mol. The molecule has 3 aromatic heterocycles. The molecule has 0 unspecified atom stereocenters. The second-order valence-corrected chi connectivity index (χ2v) is 6.77. The minimum Gasteiger partial charge on any atom is -0.318 e. The Labute approximate surface area is 155 Å². The summed E-state index contributed by atoms with van der Waals surface area (Å²) in [5.74, 6) is 0.761. The van der Waals surface area contributed by atoms with Crippen molar-refractivity contribution in [1.29, 1.82) is 0 Å². The first-order chi connectivity index (χ1) is 12.5. The molecule has 0 atom stereocenters. The second-order valence-electron chi connectivity index (χ2n) is 6.33. The van der Waals surface area contributed by atoms with E-state index in [1.165, 1.54) is 0 Å². The number of aryl methyl sites for hydroxylation is 2. The van der Waals surface area contributed by atoms with Crippen molar-refractivity contribution in [2.75, 3.05) is 0 Å². The molecule has 0 saturated carbocycles. The van der Waals surface area contributed by atoms with Crippen LogP contribution in [-0.2, 0) is 13.6 Å². The molecule has 26 heavy (non-hydrogen) atoms. The van der Waals surface area contributed by atoms with Gasteiger partial charge in [-0.1, -0.05) is 41.9 Å². The van der Waals surface area contributed by atoms with Crippen molar-refractivity contribution in [1.82, 2.24) is 19.1 Å². The van der Waals surface area contributed by atoms with Gasteiger partial charge in [0.25, 0.3) is 5.56 Å². The zero-order valence-corrected chi connectivity index (χ0v) is 15.2. The molecule has 5 nitrogen and oxygen atoms in total. The Morgan fingerprint density at radius 1 is 1.15 bits per heavy atom. The highest BCUT2D eigenvalue weighted by molar-refractivity contribution is 6.31. The molecule has 0 N–H and O–H groups in total. The summed E-state index contributed by atoms with van der Waals surface area (Å²) in [5.41, 5.74) is 4.17. The van der Waals surface area contributed by atoms with Gasteiger partial charge in [-0.2, -0.15) is 0 Å². The Kier molecular flexibility index (Phi) is 4.09. The van der Waals surface area contributed by atoms with E-state index in [1.54, 1.807) is 24.0 Å². The smallest absolute Gasteiger partial charge is 0.253 e. The Bertz CT molecular complexity index is 1140. The monoisotopic (exact) mass is 364 g/mol. The average Bonchev–Trinajstić information content (AvgIpc) is 2.97. The van der Waals surface area contributed by atoms with Gasteiger partial charge in [-0.05, 0) is 24.6 Å². The third-order valence-electron chi connectivity index (χ3n) is 4.36. The van der Waals surface area contributed by atoms with Crippen LogP contribution in [-0.4, -0.2) is 19.1 Å². The van der Waals surface area contributed by atoms with E-state index in [4.69, 9.17) is 16.6 Å². The predicted octanol–water partition coefficient (Wildman–Crippen LogP) is 3.81. The number of benzene rings is 1. The number of fused-ring (bicyclic) bond motifs is 1. The standard InChI is InChI=1S/C20H17ClN4O/c1-13-8-15(12-24(2)20(13)26)18-23-17-9-16(21)10-22-19(17)25(18)11-14-6-4-3-5-7-14/h3-10,12H,11H2,1-2H3. The second kappa shape index (κ2) is 6.42. The third-order valence-corrected chi connectivity index (χ3v) is 4.56. The topological polar surface area (TPSA) is 52.7 Å². The molecular formula is C20H17ClN4O. The van der Waals surface area contributed by atoms with Crippen LogP contribution >= 0.6 is 11.6 Å². The summed E-state index contributed by atoms with van der Waals surface area (Å²) >= 11 is 6.10. The number of imidazole rings is 1.